The van der Waals surface area contributed by atoms with Gasteiger partial charge in [-0.2, -0.15) is 0 Å². The summed E-state index contributed by atoms with van der Waals surface area (Å²) in [5.74, 6) is 2.03. The number of nitrogens with one attached hydrogen (secondary N) is 1. The first-order valence-corrected chi connectivity index (χ1v) is 21.4. The number of aromatic nitrogens is 2. The molecule has 2 aliphatic heterocycles. The molecule has 1 spiro atoms. The summed E-state index contributed by atoms with van der Waals surface area (Å²) in [4.78, 5) is 23.7. The van der Waals surface area contributed by atoms with E-state index >= 15 is 0 Å². The zero-order chi connectivity index (χ0) is 38.1. The van der Waals surface area contributed by atoms with E-state index in [1.807, 2.05) is 25.7 Å². The molecule has 5 aliphatic carbocycles. The van der Waals surface area contributed by atoms with Crippen LogP contribution >= 0.6 is 0 Å². The van der Waals surface area contributed by atoms with Crippen LogP contribution in [0.15, 0.2) is 42.5 Å². The third-order valence-corrected chi connectivity index (χ3v) is 14.9. The second kappa shape index (κ2) is 12.4. The third kappa shape index (κ3) is 5.82. The van der Waals surface area contributed by atoms with Gasteiger partial charge in [-0.05, 0) is 192 Å². The molecule has 2 saturated heterocycles. The lowest BCUT2D eigenvalue weighted by Gasteiger charge is -2.41. The van der Waals surface area contributed by atoms with Crippen molar-refractivity contribution in [2.75, 3.05) is 6.54 Å². The minimum absolute atomic E-state index is 0.102. The van der Waals surface area contributed by atoms with E-state index in [4.69, 9.17) is 19.0 Å². The fourth-order valence-corrected chi connectivity index (χ4v) is 11.5. The van der Waals surface area contributed by atoms with Gasteiger partial charge < -0.3 is 19.0 Å². The first kappa shape index (κ1) is 35.8. The highest BCUT2D eigenvalue weighted by Crippen LogP contribution is 2.57. The number of hydrogen-bond acceptors (Lipinski definition) is 5. The summed E-state index contributed by atoms with van der Waals surface area (Å²) in [5.41, 5.74) is 14.2. The molecule has 1 amide bonds. The van der Waals surface area contributed by atoms with Crippen LogP contribution in [-0.4, -0.2) is 51.4 Å². The predicted octanol–water partition coefficient (Wildman–Crippen LogP) is 10.7. The van der Waals surface area contributed by atoms with Gasteiger partial charge in [-0.15, -0.1) is 0 Å². The van der Waals surface area contributed by atoms with Crippen LogP contribution in [0.5, 0.6) is 0 Å². The zero-order valence-corrected chi connectivity index (χ0v) is 34.1. The van der Waals surface area contributed by atoms with Gasteiger partial charge in [0, 0.05) is 6.54 Å². The van der Waals surface area contributed by atoms with Crippen LogP contribution in [0.3, 0.4) is 0 Å². The summed E-state index contributed by atoms with van der Waals surface area (Å²) in [6, 6.07) is 16.3. The molecule has 55 heavy (non-hydrogen) atoms. The van der Waals surface area contributed by atoms with Gasteiger partial charge in [-0.3, -0.25) is 4.90 Å². The maximum Gasteiger partial charge on any atom is 0.495 e. The summed E-state index contributed by atoms with van der Waals surface area (Å²) in [7, 11) is -0.330. The van der Waals surface area contributed by atoms with Gasteiger partial charge in [-0.1, -0.05) is 43.2 Å². The van der Waals surface area contributed by atoms with Crippen molar-refractivity contribution in [3.63, 3.8) is 0 Å². The lowest BCUT2D eigenvalue weighted by molar-refractivity contribution is 0.00578. The first-order valence-electron chi connectivity index (χ1n) is 21.4. The molecule has 1 atom stereocenters. The summed E-state index contributed by atoms with van der Waals surface area (Å²) in [5, 5.41) is 0. The molecule has 7 nitrogen and oxygen atoms in total. The number of hydrogen-bond donors (Lipinski definition) is 1. The number of imidazole rings is 1. The van der Waals surface area contributed by atoms with Crippen molar-refractivity contribution in [3.05, 3.63) is 70.5 Å². The van der Waals surface area contributed by atoms with E-state index in [0.29, 0.717) is 23.8 Å². The molecule has 2 bridgehead atoms. The highest BCUT2D eigenvalue weighted by atomic mass is 16.7. The van der Waals surface area contributed by atoms with Crippen LogP contribution in [0.2, 0.25) is 0 Å². The standard InChI is InChI=1S/C47H58BN3O4/c1-44(2,3)53-43(52)51-24-10-11-39(51)42-49-37-21-16-30(25-38(37)50-42)31-17-18-33(41-29-14-12-28(13-15-29)40(31)41)32-19-20-36(48-54-45(4,5)46(6,7)55-48)35-27-47(26-34(32)35)22-8-9-23-47/h16-21,25,28-29,39H,8-15,22-24,26-27H2,1-7H3,(H,49,50)/t28?,29?,39-/m0/s1. The fourth-order valence-electron chi connectivity index (χ4n) is 11.5. The molecule has 1 aromatic heterocycles. The summed E-state index contributed by atoms with van der Waals surface area (Å²) in [6.07, 6.45) is 14.3. The van der Waals surface area contributed by atoms with Crippen LogP contribution in [0.1, 0.15) is 159 Å². The Labute approximate surface area is 327 Å². The molecule has 2 saturated carbocycles. The van der Waals surface area contributed by atoms with Gasteiger partial charge in [-0.25, -0.2) is 9.78 Å². The van der Waals surface area contributed by atoms with E-state index < -0.39 is 5.60 Å². The number of carbonyl (C=O) groups excluding carboxylic acids is 1. The number of carbonyl (C=O) groups is 1. The van der Waals surface area contributed by atoms with Crippen molar-refractivity contribution in [1.82, 2.24) is 14.9 Å². The molecule has 0 unspecified atom stereocenters. The van der Waals surface area contributed by atoms with Crippen LogP contribution in [-0.2, 0) is 26.9 Å². The average Bonchev–Trinajstić information content (AvgIpc) is 3.98. The lowest BCUT2D eigenvalue weighted by atomic mass is 9.63. The van der Waals surface area contributed by atoms with Crippen LogP contribution in [0, 0.1) is 5.41 Å². The quantitative estimate of drug-likeness (QED) is 0.211. The van der Waals surface area contributed by atoms with E-state index in [1.165, 1.54) is 91.1 Å². The first-order chi connectivity index (χ1) is 26.2. The van der Waals surface area contributed by atoms with E-state index in [2.05, 4.69) is 75.1 Å². The van der Waals surface area contributed by atoms with Crippen LogP contribution < -0.4 is 5.46 Å². The Morgan fingerprint density at radius 1 is 0.818 bits per heavy atom. The number of aromatic amines is 1. The third-order valence-electron chi connectivity index (χ3n) is 14.9. The van der Waals surface area contributed by atoms with E-state index in [0.717, 1.165) is 36.1 Å². The fraction of sp³-hybridized carbons (Fsp3) is 0.574. The Balaban J connectivity index is 1.04. The predicted molar refractivity (Wildman–Crippen MR) is 220 cm³/mol. The Morgan fingerprint density at radius 2 is 1.45 bits per heavy atom. The second-order valence-corrected chi connectivity index (χ2v) is 20.0. The molecular formula is C47H58BN3O4. The molecule has 3 heterocycles. The summed E-state index contributed by atoms with van der Waals surface area (Å²) >= 11 is 0. The largest absolute Gasteiger partial charge is 0.495 e. The maximum absolute atomic E-state index is 13.1. The van der Waals surface area contributed by atoms with Crippen LogP contribution in [0.25, 0.3) is 33.3 Å². The Bertz CT molecular complexity index is 2180. The summed E-state index contributed by atoms with van der Waals surface area (Å²) < 4.78 is 19.2. The molecule has 7 aliphatic rings. The number of benzene rings is 3. The van der Waals surface area contributed by atoms with Crippen LogP contribution in [0.4, 0.5) is 4.79 Å². The van der Waals surface area contributed by atoms with Crippen molar-refractivity contribution in [3.8, 4) is 22.3 Å². The minimum Gasteiger partial charge on any atom is -0.444 e. The molecule has 288 valence electrons. The van der Waals surface area contributed by atoms with Gasteiger partial charge in [0.2, 0.25) is 0 Å². The number of ether oxygens (including phenoxy) is 1. The van der Waals surface area contributed by atoms with Gasteiger partial charge in [0.1, 0.15) is 11.4 Å². The van der Waals surface area contributed by atoms with Crippen molar-refractivity contribution in [2.45, 2.75) is 160 Å². The number of nitrogens with zero attached hydrogens (tertiary/aromatic N) is 2. The van der Waals surface area contributed by atoms with Crippen molar-refractivity contribution in [1.29, 1.82) is 0 Å². The number of fused-ring (bicyclic) bond motifs is 4. The molecule has 1 N–H and O–H groups in total. The molecule has 4 fully saturated rings. The molecular weight excluding hydrogens is 681 g/mol. The molecule has 11 rings (SSSR count). The lowest BCUT2D eigenvalue weighted by Crippen LogP contribution is -2.41. The zero-order valence-electron chi connectivity index (χ0n) is 34.1. The molecule has 0 radical (unpaired) electrons. The normalized spacial score (nSPS) is 26.0. The van der Waals surface area contributed by atoms with Gasteiger partial charge in [0.15, 0.2) is 0 Å². The SMILES string of the molecule is CC(C)(C)OC(=O)N1CCC[C@H]1c1nc2ccc(-c3ccc(-c4ccc(B5OC(C)(C)C(C)(C)O5)c5c4CC4(CCCC4)C5)c4c3C3CCC4CC3)cc2[nH]1. The number of likely N-dealkylation sites (tertiary alicyclic amines) is 1. The smallest absolute Gasteiger partial charge is 0.444 e. The van der Waals surface area contributed by atoms with Crippen molar-refractivity contribution >= 4 is 29.7 Å². The van der Waals surface area contributed by atoms with Gasteiger partial charge >= 0.3 is 13.2 Å². The highest BCUT2D eigenvalue weighted by molar-refractivity contribution is 6.62. The molecule has 3 aromatic carbocycles. The van der Waals surface area contributed by atoms with E-state index in [9.17, 15) is 4.79 Å². The Hall–Kier alpha value is -3.62. The average molecular weight is 740 g/mol. The van der Waals surface area contributed by atoms with Gasteiger partial charge in [0.05, 0.1) is 28.3 Å². The number of amides is 1. The Kier molecular flexibility index (Phi) is 8.09. The maximum atomic E-state index is 13.1. The molecule has 8 heteroatoms. The number of rotatable bonds is 4. The summed E-state index contributed by atoms with van der Waals surface area (Å²) in [6.45, 7) is 15.1. The van der Waals surface area contributed by atoms with E-state index in [1.54, 1.807) is 16.7 Å². The number of H-pyrrole nitrogens is 1. The highest BCUT2D eigenvalue weighted by Gasteiger charge is 2.54. The monoisotopic (exact) mass is 739 g/mol. The van der Waals surface area contributed by atoms with E-state index in [-0.39, 0.29) is 30.5 Å². The molecule has 4 aromatic rings. The minimum atomic E-state index is -0.531. The van der Waals surface area contributed by atoms with Gasteiger partial charge in [0.25, 0.3) is 0 Å². The second-order valence-electron chi connectivity index (χ2n) is 20.0. The van der Waals surface area contributed by atoms with Crippen molar-refractivity contribution < 1.29 is 18.8 Å². The topological polar surface area (TPSA) is 76.7 Å². The van der Waals surface area contributed by atoms with Crippen molar-refractivity contribution in [2.24, 2.45) is 5.41 Å². The Morgan fingerprint density at radius 3 is 2.15 bits per heavy atom.